The second-order valence-corrected chi connectivity index (χ2v) is 7.28. The van der Waals surface area contributed by atoms with E-state index in [2.05, 4.69) is 0 Å². The summed E-state index contributed by atoms with van der Waals surface area (Å²) >= 11 is 5.99. The van der Waals surface area contributed by atoms with Crippen LogP contribution in [-0.2, 0) is 14.8 Å². The maximum atomic E-state index is 12.6. The van der Waals surface area contributed by atoms with E-state index in [9.17, 15) is 13.2 Å². The third-order valence-electron chi connectivity index (χ3n) is 2.81. The van der Waals surface area contributed by atoms with Gasteiger partial charge < -0.3 is 10.0 Å². The second kappa shape index (κ2) is 7.22. The van der Waals surface area contributed by atoms with Gasteiger partial charge in [-0.2, -0.15) is 4.31 Å². The average Bonchev–Trinajstić information content (AvgIpc) is 2.33. The zero-order valence-electron chi connectivity index (χ0n) is 12.2. The number of hydrogen-bond donors (Lipinski definition) is 1. The zero-order chi connectivity index (χ0) is 16.2. The number of carboxylic acids is 1. The first-order valence-corrected chi connectivity index (χ1v) is 8.09. The van der Waals surface area contributed by atoms with Gasteiger partial charge in [-0.25, -0.2) is 8.42 Å². The van der Waals surface area contributed by atoms with Crippen molar-refractivity contribution in [3.05, 3.63) is 28.8 Å². The molecular weight excluding hydrogens is 316 g/mol. The number of sulfonamides is 1. The number of nitrogens with zero attached hydrogens (tertiary/aromatic N) is 2. The van der Waals surface area contributed by atoms with E-state index in [0.29, 0.717) is 6.54 Å². The lowest BCUT2D eigenvalue weighted by Gasteiger charge is -2.22. The van der Waals surface area contributed by atoms with E-state index in [4.69, 9.17) is 16.7 Å². The van der Waals surface area contributed by atoms with Crippen LogP contribution in [0.2, 0.25) is 5.02 Å². The van der Waals surface area contributed by atoms with Crippen molar-refractivity contribution in [3.63, 3.8) is 0 Å². The molecule has 1 N–H and O–H groups in total. The summed E-state index contributed by atoms with van der Waals surface area (Å²) < 4.78 is 26.1. The van der Waals surface area contributed by atoms with Gasteiger partial charge in [-0.05, 0) is 38.7 Å². The highest BCUT2D eigenvalue weighted by atomic mass is 35.5. The number of aliphatic carboxylic acids is 1. The van der Waals surface area contributed by atoms with E-state index in [0.717, 1.165) is 9.87 Å². The van der Waals surface area contributed by atoms with Crippen molar-refractivity contribution in [1.82, 2.24) is 9.21 Å². The molecule has 0 unspecified atom stereocenters. The molecule has 0 fully saturated rings. The van der Waals surface area contributed by atoms with Crippen molar-refractivity contribution in [3.8, 4) is 0 Å². The van der Waals surface area contributed by atoms with Crippen LogP contribution in [0.25, 0.3) is 0 Å². The molecule has 0 radical (unpaired) electrons. The van der Waals surface area contributed by atoms with Gasteiger partial charge in [0.15, 0.2) is 0 Å². The van der Waals surface area contributed by atoms with E-state index < -0.39 is 22.5 Å². The molecule has 0 atom stereocenters. The van der Waals surface area contributed by atoms with E-state index in [1.54, 1.807) is 38.1 Å². The Balaban J connectivity index is 3.16. The molecule has 0 aromatic heterocycles. The van der Waals surface area contributed by atoms with Gasteiger partial charge in [0.2, 0.25) is 10.0 Å². The molecular formula is C13H19ClN2O4S. The number of likely N-dealkylation sites (N-methyl/N-ethyl adjacent to an activating group) is 1. The zero-order valence-corrected chi connectivity index (χ0v) is 13.8. The Morgan fingerprint density at radius 2 is 1.90 bits per heavy atom. The van der Waals surface area contributed by atoms with E-state index in [1.165, 1.54) is 6.07 Å². The highest BCUT2D eigenvalue weighted by Crippen LogP contribution is 2.25. The number of aryl methyl sites for hydroxylation is 1. The molecule has 0 saturated carbocycles. The Kier molecular flexibility index (Phi) is 6.15. The smallest absolute Gasteiger partial charge is 0.318 e. The van der Waals surface area contributed by atoms with Gasteiger partial charge in [-0.15, -0.1) is 0 Å². The van der Waals surface area contributed by atoms with Crippen LogP contribution in [-0.4, -0.2) is 62.4 Å². The average molecular weight is 335 g/mol. The molecule has 1 aromatic rings. The minimum Gasteiger partial charge on any atom is -0.480 e. The maximum absolute atomic E-state index is 12.6. The fraction of sp³-hybridized carbons (Fsp3) is 0.462. The van der Waals surface area contributed by atoms with Gasteiger partial charge >= 0.3 is 5.97 Å². The Bertz CT molecular complexity index is 617. The number of benzene rings is 1. The third-order valence-corrected chi connectivity index (χ3v) is 5.14. The van der Waals surface area contributed by atoms with Gasteiger partial charge in [0.1, 0.15) is 11.4 Å². The van der Waals surface area contributed by atoms with Crippen molar-refractivity contribution in [2.45, 2.75) is 11.8 Å². The Morgan fingerprint density at radius 3 is 2.38 bits per heavy atom. The first-order valence-electron chi connectivity index (χ1n) is 6.27. The summed E-state index contributed by atoms with van der Waals surface area (Å²) in [6.07, 6.45) is 0. The van der Waals surface area contributed by atoms with Gasteiger partial charge in [-0.1, -0.05) is 17.7 Å². The number of halogens is 1. The second-order valence-electron chi connectivity index (χ2n) is 4.97. The Morgan fingerprint density at radius 1 is 1.29 bits per heavy atom. The molecule has 0 bridgehead atoms. The summed E-state index contributed by atoms with van der Waals surface area (Å²) in [7, 11) is -0.381. The first kappa shape index (κ1) is 17.9. The van der Waals surface area contributed by atoms with Crippen molar-refractivity contribution < 1.29 is 18.3 Å². The lowest BCUT2D eigenvalue weighted by molar-refractivity contribution is -0.137. The quantitative estimate of drug-likeness (QED) is 0.813. The van der Waals surface area contributed by atoms with Gasteiger partial charge in [-0.3, -0.25) is 4.79 Å². The van der Waals surface area contributed by atoms with E-state index in [1.807, 2.05) is 0 Å². The van der Waals surface area contributed by atoms with Crippen molar-refractivity contribution in [2.75, 3.05) is 33.7 Å². The highest BCUT2D eigenvalue weighted by Gasteiger charge is 2.28. The molecule has 6 nitrogen and oxygen atoms in total. The van der Waals surface area contributed by atoms with Crippen LogP contribution in [0.1, 0.15) is 5.56 Å². The topological polar surface area (TPSA) is 77.9 Å². The molecule has 0 heterocycles. The number of carboxylic acid groups (broad SMARTS) is 1. The highest BCUT2D eigenvalue weighted by molar-refractivity contribution is 7.89. The molecule has 8 heteroatoms. The molecule has 0 spiro atoms. The van der Waals surface area contributed by atoms with Crippen LogP contribution in [0.4, 0.5) is 0 Å². The van der Waals surface area contributed by atoms with Gasteiger partial charge in [0.05, 0.1) is 5.02 Å². The predicted molar refractivity (Wildman–Crippen MR) is 81.1 cm³/mol. The minimum absolute atomic E-state index is 0.0743. The van der Waals surface area contributed by atoms with Crippen molar-refractivity contribution >= 4 is 27.6 Å². The molecule has 0 aliphatic carbocycles. The lowest BCUT2D eigenvalue weighted by atomic mass is 10.2. The molecule has 118 valence electrons. The Hall–Kier alpha value is -1.15. The largest absolute Gasteiger partial charge is 0.480 e. The summed E-state index contributed by atoms with van der Waals surface area (Å²) in [6.45, 7) is 1.69. The molecule has 0 saturated heterocycles. The van der Waals surface area contributed by atoms with E-state index >= 15 is 0 Å². The van der Waals surface area contributed by atoms with Crippen LogP contribution in [0.5, 0.6) is 0 Å². The van der Waals surface area contributed by atoms with Crippen molar-refractivity contribution in [1.29, 1.82) is 0 Å². The number of carbonyl (C=O) groups is 1. The standard InChI is InChI=1S/C13H19ClN2O4S/c1-10-4-5-12(11(14)8-10)21(19,20)16(9-13(17)18)7-6-15(2)3/h4-5,8H,6-7,9H2,1-3H3,(H,17,18). The summed E-state index contributed by atoms with van der Waals surface area (Å²) in [5.41, 5.74) is 0.831. The molecule has 0 amide bonds. The fourth-order valence-electron chi connectivity index (χ4n) is 1.70. The summed E-state index contributed by atoms with van der Waals surface area (Å²) in [5.74, 6) is -1.21. The monoisotopic (exact) mass is 334 g/mol. The van der Waals surface area contributed by atoms with Crippen LogP contribution < -0.4 is 0 Å². The SMILES string of the molecule is Cc1ccc(S(=O)(=O)N(CCN(C)C)CC(=O)O)c(Cl)c1. The molecule has 21 heavy (non-hydrogen) atoms. The first-order chi connectivity index (χ1) is 9.64. The number of hydrogen-bond acceptors (Lipinski definition) is 4. The normalized spacial score (nSPS) is 12.1. The fourth-order valence-corrected chi connectivity index (χ4v) is 3.65. The van der Waals surface area contributed by atoms with Crippen molar-refractivity contribution in [2.24, 2.45) is 0 Å². The summed E-state index contributed by atoms with van der Waals surface area (Å²) in [6, 6.07) is 4.57. The van der Waals surface area contributed by atoms with Crippen LogP contribution in [0, 0.1) is 6.92 Å². The molecule has 0 aliphatic rings. The van der Waals surface area contributed by atoms with Crippen LogP contribution >= 0.6 is 11.6 Å². The molecule has 1 rings (SSSR count). The third kappa shape index (κ3) is 4.96. The predicted octanol–water partition coefficient (Wildman–Crippen LogP) is 1.29. The maximum Gasteiger partial charge on any atom is 0.318 e. The minimum atomic E-state index is -3.95. The number of rotatable bonds is 7. The van der Waals surface area contributed by atoms with Gasteiger partial charge in [0, 0.05) is 13.1 Å². The van der Waals surface area contributed by atoms with Gasteiger partial charge in [0.25, 0.3) is 0 Å². The molecule has 0 aliphatic heterocycles. The van der Waals surface area contributed by atoms with E-state index in [-0.39, 0.29) is 16.5 Å². The van der Waals surface area contributed by atoms with Crippen LogP contribution in [0.3, 0.4) is 0 Å². The lowest BCUT2D eigenvalue weighted by Crippen LogP contribution is -2.40. The summed E-state index contributed by atoms with van der Waals surface area (Å²) in [5, 5.41) is 9.01. The van der Waals surface area contributed by atoms with Crippen LogP contribution in [0.15, 0.2) is 23.1 Å². The Labute approximate surface area is 130 Å². The summed E-state index contributed by atoms with van der Waals surface area (Å²) in [4.78, 5) is 12.6. The molecule has 1 aromatic carbocycles.